The summed E-state index contributed by atoms with van der Waals surface area (Å²) in [6.45, 7) is 1.54. The standard InChI is InChI=1S/C17H17FN2/c1-20-12-14(16-4-2-3-5-17(16)20)11-19-10-13-6-8-15(18)9-7-13/h2-9,12,19H,10-11H2,1H3. The molecule has 0 unspecified atom stereocenters. The summed E-state index contributed by atoms with van der Waals surface area (Å²) in [4.78, 5) is 0. The predicted octanol–water partition coefficient (Wildman–Crippen LogP) is 3.61. The number of halogens is 1. The second-order valence-corrected chi connectivity index (χ2v) is 5.01. The maximum atomic E-state index is 12.8. The van der Waals surface area contributed by atoms with E-state index in [1.54, 1.807) is 0 Å². The summed E-state index contributed by atoms with van der Waals surface area (Å²) in [5.74, 6) is -0.192. The van der Waals surface area contributed by atoms with Crippen molar-refractivity contribution in [2.24, 2.45) is 7.05 Å². The number of rotatable bonds is 4. The fraction of sp³-hybridized carbons (Fsp3) is 0.176. The monoisotopic (exact) mass is 268 g/mol. The zero-order chi connectivity index (χ0) is 13.9. The molecule has 0 saturated carbocycles. The van der Waals surface area contributed by atoms with Gasteiger partial charge >= 0.3 is 0 Å². The molecule has 1 aromatic heterocycles. The molecule has 0 aliphatic heterocycles. The van der Waals surface area contributed by atoms with E-state index >= 15 is 0 Å². The number of hydrogen-bond donors (Lipinski definition) is 1. The zero-order valence-electron chi connectivity index (χ0n) is 11.4. The number of benzene rings is 2. The third-order valence-corrected chi connectivity index (χ3v) is 3.54. The molecule has 0 aliphatic carbocycles. The van der Waals surface area contributed by atoms with Crippen LogP contribution < -0.4 is 5.32 Å². The van der Waals surface area contributed by atoms with Crippen LogP contribution in [-0.2, 0) is 20.1 Å². The van der Waals surface area contributed by atoms with Crippen molar-refractivity contribution in [3.05, 3.63) is 71.7 Å². The molecule has 102 valence electrons. The van der Waals surface area contributed by atoms with Crippen molar-refractivity contribution in [2.45, 2.75) is 13.1 Å². The van der Waals surface area contributed by atoms with Crippen molar-refractivity contribution in [1.29, 1.82) is 0 Å². The van der Waals surface area contributed by atoms with Crippen molar-refractivity contribution in [3.8, 4) is 0 Å². The van der Waals surface area contributed by atoms with Crippen molar-refractivity contribution >= 4 is 10.9 Å². The van der Waals surface area contributed by atoms with E-state index in [0.29, 0.717) is 0 Å². The van der Waals surface area contributed by atoms with E-state index in [1.807, 2.05) is 12.1 Å². The van der Waals surface area contributed by atoms with Gasteiger partial charge in [-0.15, -0.1) is 0 Å². The molecule has 0 saturated heterocycles. The van der Waals surface area contributed by atoms with Gasteiger partial charge in [0.1, 0.15) is 5.82 Å². The maximum absolute atomic E-state index is 12.8. The number of aryl methyl sites for hydroxylation is 1. The minimum absolute atomic E-state index is 0.192. The molecule has 0 fully saturated rings. The van der Waals surface area contributed by atoms with E-state index in [2.05, 4.69) is 47.4 Å². The normalized spacial score (nSPS) is 11.1. The number of hydrogen-bond acceptors (Lipinski definition) is 1. The van der Waals surface area contributed by atoms with Crippen LogP contribution in [-0.4, -0.2) is 4.57 Å². The van der Waals surface area contributed by atoms with Crippen LogP contribution in [0.4, 0.5) is 4.39 Å². The van der Waals surface area contributed by atoms with Gasteiger partial charge in [0.15, 0.2) is 0 Å². The Morgan fingerprint density at radius 2 is 1.75 bits per heavy atom. The van der Waals surface area contributed by atoms with Gasteiger partial charge in [0.2, 0.25) is 0 Å². The van der Waals surface area contributed by atoms with E-state index in [9.17, 15) is 4.39 Å². The van der Waals surface area contributed by atoms with Gasteiger partial charge in [-0.2, -0.15) is 0 Å². The summed E-state index contributed by atoms with van der Waals surface area (Å²) in [6.07, 6.45) is 2.16. The summed E-state index contributed by atoms with van der Waals surface area (Å²) in [7, 11) is 2.06. The zero-order valence-corrected chi connectivity index (χ0v) is 11.4. The number of para-hydroxylation sites is 1. The average Bonchev–Trinajstić information content (AvgIpc) is 2.79. The van der Waals surface area contributed by atoms with Crippen LogP contribution in [0.3, 0.4) is 0 Å². The Morgan fingerprint density at radius 1 is 1.00 bits per heavy atom. The summed E-state index contributed by atoms with van der Waals surface area (Å²) in [5, 5.41) is 4.69. The van der Waals surface area contributed by atoms with Gasteiger partial charge in [0, 0.05) is 37.2 Å². The molecule has 0 aliphatic rings. The highest BCUT2D eigenvalue weighted by molar-refractivity contribution is 5.83. The van der Waals surface area contributed by atoms with Crippen molar-refractivity contribution in [3.63, 3.8) is 0 Å². The van der Waals surface area contributed by atoms with Gasteiger partial charge in [-0.25, -0.2) is 4.39 Å². The van der Waals surface area contributed by atoms with E-state index in [-0.39, 0.29) is 5.82 Å². The number of nitrogens with one attached hydrogen (secondary N) is 1. The molecule has 20 heavy (non-hydrogen) atoms. The lowest BCUT2D eigenvalue weighted by Gasteiger charge is -2.04. The lowest BCUT2D eigenvalue weighted by Crippen LogP contribution is -2.12. The van der Waals surface area contributed by atoms with Gasteiger partial charge in [0.25, 0.3) is 0 Å². The highest BCUT2D eigenvalue weighted by Gasteiger charge is 2.05. The van der Waals surface area contributed by atoms with Crippen molar-refractivity contribution in [2.75, 3.05) is 0 Å². The van der Waals surface area contributed by atoms with E-state index in [1.165, 1.54) is 28.6 Å². The number of fused-ring (bicyclic) bond motifs is 1. The van der Waals surface area contributed by atoms with Crippen molar-refractivity contribution in [1.82, 2.24) is 9.88 Å². The Balaban J connectivity index is 1.70. The molecule has 0 radical (unpaired) electrons. The fourth-order valence-corrected chi connectivity index (χ4v) is 2.51. The summed E-state index contributed by atoms with van der Waals surface area (Å²) in [6, 6.07) is 15.0. The van der Waals surface area contributed by atoms with Crippen LogP contribution in [0.5, 0.6) is 0 Å². The first-order chi connectivity index (χ1) is 9.74. The van der Waals surface area contributed by atoms with E-state index in [0.717, 1.165) is 18.7 Å². The average molecular weight is 268 g/mol. The Bertz CT molecular complexity index is 713. The minimum atomic E-state index is -0.192. The Morgan fingerprint density at radius 3 is 2.55 bits per heavy atom. The van der Waals surface area contributed by atoms with Gasteiger partial charge in [-0.1, -0.05) is 30.3 Å². The minimum Gasteiger partial charge on any atom is -0.350 e. The van der Waals surface area contributed by atoms with Crippen LogP contribution >= 0.6 is 0 Å². The molecular formula is C17H17FN2. The quantitative estimate of drug-likeness (QED) is 0.765. The molecule has 3 rings (SSSR count). The molecule has 3 heteroatoms. The molecule has 2 nitrogen and oxygen atoms in total. The molecule has 2 aromatic carbocycles. The van der Waals surface area contributed by atoms with Crippen LogP contribution in [0.2, 0.25) is 0 Å². The lowest BCUT2D eigenvalue weighted by atomic mass is 10.1. The first-order valence-corrected chi connectivity index (χ1v) is 6.72. The van der Waals surface area contributed by atoms with E-state index in [4.69, 9.17) is 0 Å². The summed E-state index contributed by atoms with van der Waals surface area (Å²) in [5.41, 5.74) is 3.61. The first kappa shape index (κ1) is 12.9. The van der Waals surface area contributed by atoms with Crippen LogP contribution in [0.15, 0.2) is 54.7 Å². The topological polar surface area (TPSA) is 17.0 Å². The van der Waals surface area contributed by atoms with Crippen LogP contribution in [0, 0.1) is 5.82 Å². The third kappa shape index (κ3) is 2.58. The largest absolute Gasteiger partial charge is 0.350 e. The lowest BCUT2D eigenvalue weighted by molar-refractivity contribution is 0.625. The number of aromatic nitrogens is 1. The Hall–Kier alpha value is -2.13. The molecule has 3 aromatic rings. The number of nitrogens with zero attached hydrogens (tertiary/aromatic N) is 1. The van der Waals surface area contributed by atoms with Crippen LogP contribution in [0.1, 0.15) is 11.1 Å². The second kappa shape index (κ2) is 5.47. The summed E-state index contributed by atoms with van der Waals surface area (Å²) >= 11 is 0. The third-order valence-electron chi connectivity index (χ3n) is 3.54. The smallest absolute Gasteiger partial charge is 0.123 e. The maximum Gasteiger partial charge on any atom is 0.123 e. The summed E-state index contributed by atoms with van der Waals surface area (Å²) < 4.78 is 15.0. The van der Waals surface area contributed by atoms with Crippen molar-refractivity contribution < 1.29 is 4.39 Å². The predicted molar refractivity (Wildman–Crippen MR) is 79.9 cm³/mol. The molecule has 0 atom stereocenters. The van der Waals surface area contributed by atoms with Gasteiger partial charge < -0.3 is 9.88 Å². The Kier molecular flexibility index (Phi) is 3.52. The Labute approximate surface area is 117 Å². The highest BCUT2D eigenvalue weighted by atomic mass is 19.1. The molecule has 1 heterocycles. The first-order valence-electron chi connectivity index (χ1n) is 6.72. The van der Waals surface area contributed by atoms with E-state index < -0.39 is 0 Å². The van der Waals surface area contributed by atoms with Gasteiger partial charge in [-0.3, -0.25) is 0 Å². The molecule has 0 amide bonds. The molecule has 1 N–H and O–H groups in total. The molecule has 0 bridgehead atoms. The van der Waals surface area contributed by atoms with Gasteiger partial charge in [0.05, 0.1) is 0 Å². The molecule has 0 spiro atoms. The fourth-order valence-electron chi connectivity index (χ4n) is 2.51. The molecular weight excluding hydrogens is 251 g/mol. The van der Waals surface area contributed by atoms with Gasteiger partial charge in [-0.05, 0) is 29.3 Å². The SMILES string of the molecule is Cn1cc(CNCc2ccc(F)cc2)c2ccccc21. The highest BCUT2D eigenvalue weighted by Crippen LogP contribution is 2.20. The second-order valence-electron chi connectivity index (χ2n) is 5.01. The van der Waals surface area contributed by atoms with Crippen LogP contribution in [0.25, 0.3) is 10.9 Å².